The standard InChI is InChI=1S/C12H11ClF3NO3/c1-3-8(18)11(2,10(19)20)9-7(13)4-6(5-17-9)12(14,15)16/h4-5H,3H2,1-2H3,(H,19,20). The van der Waals surface area contributed by atoms with Gasteiger partial charge in [0.15, 0.2) is 11.2 Å². The summed E-state index contributed by atoms with van der Waals surface area (Å²) in [7, 11) is 0. The first-order chi connectivity index (χ1) is 9.05. The van der Waals surface area contributed by atoms with Crippen molar-refractivity contribution in [3.05, 3.63) is 28.5 Å². The number of alkyl halides is 3. The minimum Gasteiger partial charge on any atom is -0.480 e. The van der Waals surface area contributed by atoms with Crippen molar-refractivity contribution < 1.29 is 27.9 Å². The zero-order valence-corrected chi connectivity index (χ0v) is 11.3. The third-order valence-corrected chi connectivity index (χ3v) is 3.24. The highest BCUT2D eigenvalue weighted by atomic mass is 35.5. The lowest BCUT2D eigenvalue weighted by molar-refractivity contribution is -0.148. The molecule has 20 heavy (non-hydrogen) atoms. The summed E-state index contributed by atoms with van der Waals surface area (Å²) in [6.07, 6.45) is -4.29. The third-order valence-electron chi connectivity index (χ3n) is 2.95. The summed E-state index contributed by atoms with van der Waals surface area (Å²) in [5.41, 5.74) is -3.58. The number of halogens is 4. The van der Waals surface area contributed by atoms with E-state index < -0.39 is 39.6 Å². The first kappa shape index (κ1) is 16.4. The highest BCUT2D eigenvalue weighted by Crippen LogP contribution is 2.35. The zero-order chi connectivity index (χ0) is 15.7. The van der Waals surface area contributed by atoms with Gasteiger partial charge in [-0.15, -0.1) is 0 Å². The number of carboxylic acids is 1. The number of carbonyl (C=O) groups is 2. The summed E-state index contributed by atoms with van der Waals surface area (Å²) < 4.78 is 37.5. The molecule has 0 saturated heterocycles. The average molecular weight is 310 g/mol. The molecule has 0 radical (unpaired) electrons. The van der Waals surface area contributed by atoms with Crippen molar-refractivity contribution in [2.24, 2.45) is 0 Å². The zero-order valence-electron chi connectivity index (χ0n) is 10.6. The van der Waals surface area contributed by atoms with Gasteiger partial charge in [-0.1, -0.05) is 18.5 Å². The first-order valence-electron chi connectivity index (χ1n) is 5.55. The summed E-state index contributed by atoms with van der Waals surface area (Å²) >= 11 is 5.69. The van der Waals surface area contributed by atoms with E-state index in [4.69, 9.17) is 11.6 Å². The van der Waals surface area contributed by atoms with Gasteiger partial charge in [0.25, 0.3) is 0 Å². The molecule has 0 aliphatic rings. The highest BCUT2D eigenvalue weighted by Gasteiger charge is 2.45. The van der Waals surface area contributed by atoms with Crippen molar-refractivity contribution in [3.63, 3.8) is 0 Å². The predicted octanol–water partition coefficient (Wildman–Crippen LogP) is 3.08. The lowest BCUT2D eigenvalue weighted by Gasteiger charge is -2.23. The molecule has 0 fully saturated rings. The molecule has 0 aromatic carbocycles. The van der Waals surface area contributed by atoms with E-state index in [0.717, 1.165) is 6.92 Å². The number of carbonyl (C=O) groups excluding carboxylic acids is 1. The quantitative estimate of drug-likeness (QED) is 0.868. The van der Waals surface area contributed by atoms with Gasteiger partial charge in [-0.25, -0.2) is 0 Å². The summed E-state index contributed by atoms with van der Waals surface area (Å²) in [5, 5.41) is 8.69. The highest BCUT2D eigenvalue weighted by molar-refractivity contribution is 6.32. The van der Waals surface area contributed by atoms with Crippen molar-refractivity contribution >= 4 is 23.4 Å². The van der Waals surface area contributed by atoms with E-state index in [1.54, 1.807) is 0 Å². The molecular formula is C12H11ClF3NO3. The fraction of sp³-hybridized carbons (Fsp3) is 0.417. The summed E-state index contributed by atoms with van der Waals surface area (Å²) in [6, 6.07) is 0.564. The van der Waals surface area contributed by atoms with Crippen LogP contribution in [-0.4, -0.2) is 21.8 Å². The summed E-state index contributed by atoms with van der Waals surface area (Å²) in [5.74, 6) is -2.21. The minimum atomic E-state index is -4.65. The van der Waals surface area contributed by atoms with Gasteiger partial charge in [0, 0.05) is 12.6 Å². The lowest BCUT2D eigenvalue weighted by atomic mass is 9.80. The van der Waals surface area contributed by atoms with Crippen molar-refractivity contribution in [2.75, 3.05) is 0 Å². The van der Waals surface area contributed by atoms with Crippen LogP contribution in [-0.2, 0) is 21.2 Å². The molecule has 1 aromatic heterocycles. The average Bonchev–Trinajstić information content (AvgIpc) is 2.35. The van der Waals surface area contributed by atoms with Gasteiger partial charge in [0.05, 0.1) is 16.3 Å². The molecule has 110 valence electrons. The predicted molar refractivity (Wildman–Crippen MR) is 64.5 cm³/mol. The van der Waals surface area contributed by atoms with E-state index in [1.165, 1.54) is 6.92 Å². The molecule has 1 aromatic rings. The Bertz CT molecular complexity index is 559. The maximum atomic E-state index is 12.5. The fourth-order valence-electron chi connectivity index (χ4n) is 1.67. The van der Waals surface area contributed by atoms with Crippen LogP contribution in [0, 0.1) is 0 Å². The Morgan fingerprint density at radius 1 is 1.40 bits per heavy atom. The molecule has 0 aliphatic carbocycles. The van der Waals surface area contributed by atoms with E-state index in [1.807, 2.05) is 0 Å². The normalized spacial score (nSPS) is 14.7. The fourth-order valence-corrected chi connectivity index (χ4v) is 2.02. The van der Waals surface area contributed by atoms with Crippen LogP contribution in [0.2, 0.25) is 5.02 Å². The molecule has 0 bridgehead atoms. The van der Waals surface area contributed by atoms with Crippen LogP contribution in [0.5, 0.6) is 0 Å². The van der Waals surface area contributed by atoms with Gasteiger partial charge in [0.2, 0.25) is 0 Å². The van der Waals surface area contributed by atoms with Gasteiger partial charge in [-0.05, 0) is 13.0 Å². The Morgan fingerprint density at radius 3 is 2.30 bits per heavy atom. The Kier molecular flexibility index (Phi) is 4.43. The third kappa shape index (κ3) is 2.77. The molecule has 1 heterocycles. The number of ketones is 1. The van der Waals surface area contributed by atoms with E-state index >= 15 is 0 Å². The molecule has 1 atom stereocenters. The van der Waals surface area contributed by atoms with E-state index in [2.05, 4.69) is 4.98 Å². The summed E-state index contributed by atoms with van der Waals surface area (Å²) in [4.78, 5) is 26.6. The number of carboxylic acid groups (broad SMARTS) is 1. The largest absolute Gasteiger partial charge is 0.480 e. The van der Waals surface area contributed by atoms with Crippen LogP contribution in [0.1, 0.15) is 31.5 Å². The SMILES string of the molecule is CCC(=O)C(C)(C(=O)O)c1ncc(C(F)(F)F)cc1Cl. The number of pyridine rings is 1. The van der Waals surface area contributed by atoms with E-state index in [-0.39, 0.29) is 6.42 Å². The van der Waals surface area contributed by atoms with Crippen LogP contribution in [0.4, 0.5) is 13.2 Å². The number of aliphatic carboxylic acids is 1. The Hall–Kier alpha value is -1.63. The molecular weight excluding hydrogens is 299 g/mol. The monoisotopic (exact) mass is 309 g/mol. The molecule has 1 rings (SSSR count). The Morgan fingerprint density at radius 2 is 1.95 bits per heavy atom. The van der Waals surface area contributed by atoms with Gasteiger partial charge >= 0.3 is 12.1 Å². The Balaban J connectivity index is 3.45. The molecule has 4 nitrogen and oxygen atoms in total. The molecule has 1 N–H and O–H groups in total. The van der Waals surface area contributed by atoms with Gasteiger partial charge < -0.3 is 5.11 Å². The molecule has 0 aliphatic heterocycles. The van der Waals surface area contributed by atoms with Crippen LogP contribution in [0.25, 0.3) is 0 Å². The molecule has 0 spiro atoms. The van der Waals surface area contributed by atoms with Crippen LogP contribution in [0.3, 0.4) is 0 Å². The first-order valence-corrected chi connectivity index (χ1v) is 5.92. The number of hydrogen-bond acceptors (Lipinski definition) is 3. The molecule has 0 saturated carbocycles. The lowest BCUT2D eigenvalue weighted by Crippen LogP contribution is -2.41. The molecule has 0 amide bonds. The van der Waals surface area contributed by atoms with Gasteiger partial charge in [-0.2, -0.15) is 13.2 Å². The maximum absolute atomic E-state index is 12.5. The topological polar surface area (TPSA) is 67.3 Å². The second-order valence-electron chi connectivity index (χ2n) is 4.26. The van der Waals surface area contributed by atoms with Gasteiger partial charge in [-0.3, -0.25) is 14.6 Å². The number of rotatable bonds is 4. The molecule has 8 heteroatoms. The second kappa shape index (κ2) is 5.40. The van der Waals surface area contributed by atoms with Crippen LogP contribution in [0.15, 0.2) is 12.3 Å². The van der Waals surface area contributed by atoms with Crippen molar-refractivity contribution in [1.29, 1.82) is 0 Å². The maximum Gasteiger partial charge on any atom is 0.417 e. The number of hydrogen-bond donors (Lipinski definition) is 1. The van der Waals surface area contributed by atoms with Crippen LogP contribution < -0.4 is 0 Å². The van der Waals surface area contributed by atoms with Crippen molar-refractivity contribution in [2.45, 2.75) is 31.9 Å². The van der Waals surface area contributed by atoms with Crippen LogP contribution >= 0.6 is 11.6 Å². The Labute approximate surface area is 117 Å². The number of nitrogens with zero attached hydrogens (tertiary/aromatic N) is 1. The summed E-state index contributed by atoms with van der Waals surface area (Å²) in [6.45, 7) is 2.52. The van der Waals surface area contributed by atoms with E-state index in [0.29, 0.717) is 12.3 Å². The smallest absolute Gasteiger partial charge is 0.417 e. The van der Waals surface area contributed by atoms with E-state index in [9.17, 15) is 27.9 Å². The van der Waals surface area contributed by atoms with Crippen molar-refractivity contribution in [3.8, 4) is 0 Å². The number of Topliss-reactive ketones (excluding diaryl/α,β-unsaturated/α-hetero) is 1. The van der Waals surface area contributed by atoms with Crippen molar-refractivity contribution in [1.82, 2.24) is 4.98 Å². The minimum absolute atomic E-state index is 0.109. The van der Waals surface area contributed by atoms with Gasteiger partial charge in [0.1, 0.15) is 0 Å². The second-order valence-corrected chi connectivity index (χ2v) is 4.67. The molecule has 1 unspecified atom stereocenters. The number of aromatic nitrogens is 1.